The molecule has 2 aromatic rings. The van der Waals surface area contributed by atoms with Crippen molar-refractivity contribution in [1.29, 1.82) is 0 Å². The first kappa shape index (κ1) is 10.3. The van der Waals surface area contributed by atoms with Crippen molar-refractivity contribution < 1.29 is 9.59 Å². The van der Waals surface area contributed by atoms with Crippen molar-refractivity contribution in [3.8, 4) is 0 Å². The quantitative estimate of drug-likeness (QED) is 0.655. The Balaban J connectivity index is 2.06. The van der Waals surface area contributed by atoms with Gasteiger partial charge in [-0.25, -0.2) is 0 Å². The first-order chi connectivity index (χ1) is 9.22. The third kappa shape index (κ3) is 1.13. The predicted molar refractivity (Wildman–Crippen MR) is 67.7 cm³/mol. The average molecular weight is 254 g/mol. The maximum absolute atomic E-state index is 12.5. The number of nitrogens with zero attached hydrogens (tertiary/aromatic N) is 1. The Morgan fingerprint density at radius 1 is 1.11 bits per heavy atom. The monoisotopic (exact) mass is 254 g/mol. The molecule has 6 heteroatoms. The lowest BCUT2D eigenvalue weighted by Gasteiger charge is -2.30. The first-order valence-electron chi connectivity index (χ1n) is 5.96. The summed E-state index contributed by atoms with van der Waals surface area (Å²) in [5.74, 6) is 0.137. The van der Waals surface area contributed by atoms with Gasteiger partial charge in [-0.2, -0.15) is 5.10 Å². The van der Waals surface area contributed by atoms with Crippen LogP contribution < -0.4 is 10.6 Å². The van der Waals surface area contributed by atoms with E-state index in [1.54, 1.807) is 6.20 Å². The number of carbonyl (C=O) groups is 2. The fourth-order valence-corrected chi connectivity index (χ4v) is 2.98. The lowest BCUT2D eigenvalue weighted by molar-refractivity contribution is -0.125. The Labute approximate surface area is 108 Å². The van der Waals surface area contributed by atoms with Gasteiger partial charge in [0.1, 0.15) is 11.2 Å². The van der Waals surface area contributed by atoms with Crippen LogP contribution in [0.3, 0.4) is 0 Å². The summed E-state index contributed by atoms with van der Waals surface area (Å²) in [5.41, 5.74) is 1.35. The molecule has 2 aliphatic heterocycles. The summed E-state index contributed by atoms with van der Waals surface area (Å²) in [6.45, 7) is 0. The van der Waals surface area contributed by atoms with Crippen LogP contribution in [0.15, 0.2) is 30.5 Å². The van der Waals surface area contributed by atoms with Crippen molar-refractivity contribution in [2.75, 3.05) is 10.6 Å². The highest BCUT2D eigenvalue weighted by atomic mass is 16.2. The number of aromatic amines is 1. The summed E-state index contributed by atoms with van der Waals surface area (Å²) >= 11 is 0. The molecule has 6 nitrogen and oxygen atoms in total. The minimum Gasteiger partial charge on any atom is -0.325 e. The van der Waals surface area contributed by atoms with E-state index < -0.39 is 5.41 Å². The number of H-pyrrole nitrogens is 1. The van der Waals surface area contributed by atoms with E-state index in [0.717, 1.165) is 16.8 Å². The molecular formula is C13H10N4O2. The fraction of sp³-hybridized carbons (Fsp3) is 0.154. The van der Waals surface area contributed by atoms with E-state index in [0.29, 0.717) is 5.82 Å². The van der Waals surface area contributed by atoms with Gasteiger partial charge in [0, 0.05) is 17.7 Å². The first-order valence-corrected chi connectivity index (χ1v) is 5.96. The highest BCUT2D eigenvalue weighted by Crippen LogP contribution is 2.48. The van der Waals surface area contributed by atoms with Gasteiger partial charge in [0.25, 0.3) is 0 Å². The van der Waals surface area contributed by atoms with Gasteiger partial charge in [0.2, 0.25) is 11.8 Å². The Morgan fingerprint density at radius 2 is 1.95 bits per heavy atom. The second-order valence-corrected chi connectivity index (χ2v) is 4.79. The molecule has 2 aliphatic rings. The summed E-state index contributed by atoms with van der Waals surface area (Å²) in [7, 11) is 0. The molecule has 94 valence electrons. The van der Waals surface area contributed by atoms with Gasteiger partial charge in [0.15, 0.2) is 0 Å². The molecule has 2 amide bonds. The van der Waals surface area contributed by atoms with E-state index in [4.69, 9.17) is 0 Å². The van der Waals surface area contributed by atoms with Crippen LogP contribution in [-0.4, -0.2) is 22.0 Å². The van der Waals surface area contributed by atoms with E-state index >= 15 is 0 Å². The van der Waals surface area contributed by atoms with Gasteiger partial charge in [-0.05, 0) is 11.6 Å². The zero-order valence-electron chi connectivity index (χ0n) is 9.86. The minimum atomic E-state index is -0.957. The van der Waals surface area contributed by atoms with Crippen LogP contribution in [0.4, 0.5) is 11.5 Å². The molecule has 3 heterocycles. The van der Waals surface area contributed by atoms with Crippen molar-refractivity contribution in [3.05, 3.63) is 41.6 Å². The van der Waals surface area contributed by atoms with E-state index in [9.17, 15) is 9.59 Å². The van der Waals surface area contributed by atoms with E-state index in [1.807, 2.05) is 24.3 Å². The number of anilines is 2. The van der Waals surface area contributed by atoms with Gasteiger partial charge >= 0.3 is 0 Å². The number of nitrogens with one attached hydrogen (secondary N) is 3. The van der Waals surface area contributed by atoms with Crippen LogP contribution in [-0.2, 0) is 15.0 Å². The highest BCUT2D eigenvalue weighted by molar-refractivity contribution is 6.14. The maximum Gasteiger partial charge on any atom is 0.240 e. The van der Waals surface area contributed by atoms with Crippen LogP contribution in [0.2, 0.25) is 0 Å². The number of benzene rings is 1. The summed E-state index contributed by atoms with van der Waals surface area (Å²) in [6, 6.07) is 7.45. The van der Waals surface area contributed by atoms with Gasteiger partial charge < -0.3 is 10.6 Å². The van der Waals surface area contributed by atoms with Crippen LogP contribution in [0.1, 0.15) is 17.5 Å². The molecule has 1 spiro atoms. The maximum atomic E-state index is 12.5. The summed E-state index contributed by atoms with van der Waals surface area (Å²) < 4.78 is 0. The largest absolute Gasteiger partial charge is 0.325 e. The van der Waals surface area contributed by atoms with Gasteiger partial charge in [0.05, 0.1) is 6.20 Å². The number of carbonyl (C=O) groups excluding carboxylic acids is 2. The lowest BCUT2D eigenvalue weighted by Crippen LogP contribution is -2.43. The second kappa shape index (κ2) is 3.23. The number of rotatable bonds is 0. The molecule has 1 aromatic carbocycles. The van der Waals surface area contributed by atoms with Gasteiger partial charge in [-0.1, -0.05) is 18.2 Å². The molecule has 0 fully saturated rings. The average Bonchev–Trinajstić information content (AvgIpc) is 2.95. The molecule has 4 rings (SSSR count). The van der Waals surface area contributed by atoms with Crippen LogP contribution in [0.25, 0.3) is 0 Å². The van der Waals surface area contributed by atoms with Crippen molar-refractivity contribution in [3.63, 3.8) is 0 Å². The number of hydrogen-bond acceptors (Lipinski definition) is 3. The summed E-state index contributed by atoms with van der Waals surface area (Å²) in [6.07, 6.45) is 1.71. The van der Waals surface area contributed by atoms with Gasteiger partial charge in [-0.15, -0.1) is 0 Å². The summed E-state index contributed by atoms with van der Waals surface area (Å²) in [4.78, 5) is 24.4. The van der Waals surface area contributed by atoms with Gasteiger partial charge in [-0.3, -0.25) is 14.7 Å². The molecule has 1 aromatic heterocycles. The molecule has 0 unspecified atom stereocenters. The minimum absolute atomic E-state index is 0.0996. The zero-order valence-corrected chi connectivity index (χ0v) is 9.86. The smallest absolute Gasteiger partial charge is 0.240 e. The standard InChI is InChI=1S/C13H10N4O2/c18-10-5-13(8-6-14-17-11(8)16-10)7-3-1-2-4-9(7)15-12(13)19/h1-4,6H,5H2,(H,15,19)(H2,14,16,17,18)/t13-/m0/s1. The lowest BCUT2D eigenvalue weighted by atomic mass is 9.72. The molecule has 3 N–H and O–H groups in total. The number of hydrogen-bond donors (Lipinski definition) is 3. The number of aromatic nitrogens is 2. The van der Waals surface area contributed by atoms with Crippen LogP contribution >= 0.6 is 0 Å². The zero-order chi connectivity index (χ0) is 13.0. The molecule has 1 atom stereocenters. The fourth-order valence-electron chi connectivity index (χ4n) is 2.98. The van der Waals surface area contributed by atoms with Crippen LogP contribution in [0.5, 0.6) is 0 Å². The second-order valence-electron chi connectivity index (χ2n) is 4.79. The van der Waals surface area contributed by atoms with Crippen molar-refractivity contribution in [2.45, 2.75) is 11.8 Å². The van der Waals surface area contributed by atoms with Crippen molar-refractivity contribution in [1.82, 2.24) is 10.2 Å². The van der Waals surface area contributed by atoms with E-state index in [1.165, 1.54) is 0 Å². The highest BCUT2D eigenvalue weighted by Gasteiger charge is 2.53. The molecule has 0 aliphatic carbocycles. The third-order valence-corrected chi connectivity index (χ3v) is 3.81. The van der Waals surface area contributed by atoms with Crippen LogP contribution in [0, 0.1) is 0 Å². The molecule has 19 heavy (non-hydrogen) atoms. The van der Waals surface area contributed by atoms with E-state index in [-0.39, 0.29) is 18.2 Å². The third-order valence-electron chi connectivity index (χ3n) is 3.81. The number of para-hydroxylation sites is 1. The SMILES string of the molecule is O=C1C[C@@]2(C(=O)Nc3ccccc32)c2cn[nH]c2N1. The predicted octanol–water partition coefficient (Wildman–Crippen LogP) is 0.990. The Morgan fingerprint density at radius 3 is 2.84 bits per heavy atom. The Hall–Kier alpha value is -2.63. The summed E-state index contributed by atoms with van der Waals surface area (Å²) in [5, 5.41) is 12.2. The molecule has 0 saturated carbocycles. The number of amides is 2. The Kier molecular flexibility index (Phi) is 1.75. The Bertz CT molecular complexity index is 721. The number of fused-ring (bicyclic) bond motifs is 4. The molecular weight excluding hydrogens is 244 g/mol. The van der Waals surface area contributed by atoms with E-state index in [2.05, 4.69) is 20.8 Å². The molecule has 0 radical (unpaired) electrons. The molecule has 0 bridgehead atoms. The normalized spacial score (nSPS) is 23.8. The van der Waals surface area contributed by atoms with Crippen molar-refractivity contribution >= 4 is 23.3 Å². The topological polar surface area (TPSA) is 86.9 Å². The molecule has 0 saturated heterocycles. The van der Waals surface area contributed by atoms with Crippen molar-refractivity contribution in [2.24, 2.45) is 0 Å².